The van der Waals surface area contributed by atoms with E-state index in [1.807, 2.05) is 0 Å². The standard InChI is InChI=1S/C19H27F2N3O2/c1-23(2)18(25)22-16-5-10-26-19(12-16)6-8-24(9-7-19)13-14-11-15(20)3-4-17(14)21/h3-4,11,16H,5-10,12-13H2,1-2H3,(H,22,25)/t16-/m1/s1. The third kappa shape index (κ3) is 4.51. The minimum absolute atomic E-state index is 0.0777. The van der Waals surface area contributed by atoms with Gasteiger partial charge >= 0.3 is 6.03 Å². The molecule has 5 nitrogen and oxygen atoms in total. The highest BCUT2D eigenvalue weighted by Gasteiger charge is 2.40. The van der Waals surface area contributed by atoms with Gasteiger partial charge in [-0.1, -0.05) is 0 Å². The second kappa shape index (κ2) is 7.88. The Morgan fingerprint density at radius 2 is 2.08 bits per heavy atom. The molecule has 0 aliphatic carbocycles. The summed E-state index contributed by atoms with van der Waals surface area (Å²) in [6.45, 7) is 2.58. The minimum atomic E-state index is -0.412. The van der Waals surface area contributed by atoms with E-state index in [2.05, 4.69) is 10.2 Å². The Hall–Kier alpha value is -1.73. The Labute approximate surface area is 153 Å². The van der Waals surface area contributed by atoms with Crippen molar-refractivity contribution in [2.75, 3.05) is 33.8 Å². The zero-order valence-corrected chi connectivity index (χ0v) is 15.4. The summed E-state index contributed by atoms with van der Waals surface area (Å²) < 4.78 is 33.3. The molecule has 2 fully saturated rings. The van der Waals surface area contributed by atoms with Gasteiger partial charge in [0.15, 0.2) is 0 Å². The molecule has 2 amide bonds. The molecule has 26 heavy (non-hydrogen) atoms. The van der Waals surface area contributed by atoms with Crippen molar-refractivity contribution in [2.45, 2.75) is 43.9 Å². The molecule has 7 heteroatoms. The molecule has 0 radical (unpaired) electrons. The monoisotopic (exact) mass is 367 g/mol. The van der Waals surface area contributed by atoms with Gasteiger partial charge in [0.1, 0.15) is 11.6 Å². The molecule has 1 aromatic rings. The van der Waals surface area contributed by atoms with Crippen LogP contribution in [0.1, 0.15) is 31.2 Å². The number of amides is 2. The summed E-state index contributed by atoms with van der Waals surface area (Å²) in [6, 6.07) is 3.63. The molecule has 0 unspecified atom stereocenters. The molecule has 0 bridgehead atoms. The number of benzene rings is 1. The number of rotatable bonds is 3. The number of nitrogens with one attached hydrogen (secondary N) is 1. The minimum Gasteiger partial charge on any atom is -0.375 e. The molecular formula is C19H27F2N3O2. The molecule has 144 valence electrons. The van der Waals surface area contributed by atoms with Gasteiger partial charge in [-0.05, 0) is 43.9 Å². The van der Waals surface area contributed by atoms with Crippen molar-refractivity contribution >= 4 is 6.03 Å². The van der Waals surface area contributed by atoms with Crippen molar-refractivity contribution in [3.8, 4) is 0 Å². The van der Waals surface area contributed by atoms with E-state index >= 15 is 0 Å². The Bertz CT molecular complexity index is 646. The number of carbonyl (C=O) groups is 1. The summed E-state index contributed by atoms with van der Waals surface area (Å²) in [5.41, 5.74) is 0.168. The maximum absolute atomic E-state index is 13.8. The molecule has 3 rings (SSSR count). The van der Waals surface area contributed by atoms with E-state index in [1.54, 1.807) is 14.1 Å². The largest absolute Gasteiger partial charge is 0.375 e. The first-order chi connectivity index (χ1) is 12.4. The van der Waals surface area contributed by atoms with Crippen LogP contribution in [0, 0.1) is 11.6 Å². The van der Waals surface area contributed by atoms with Gasteiger partial charge in [0, 0.05) is 51.9 Å². The molecule has 1 N–H and O–H groups in total. The number of hydrogen-bond acceptors (Lipinski definition) is 3. The fourth-order valence-electron chi connectivity index (χ4n) is 3.83. The van der Waals surface area contributed by atoms with E-state index in [0.717, 1.165) is 44.8 Å². The zero-order chi connectivity index (χ0) is 18.7. The van der Waals surface area contributed by atoms with Crippen molar-refractivity contribution in [1.29, 1.82) is 0 Å². The molecule has 0 saturated carbocycles. The average Bonchev–Trinajstić information content (AvgIpc) is 2.60. The van der Waals surface area contributed by atoms with Crippen LogP contribution >= 0.6 is 0 Å². The van der Waals surface area contributed by atoms with Gasteiger partial charge in [-0.15, -0.1) is 0 Å². The fraction of sp³-hybridized carbons (Fsp3) is 0.632. The van der Waals surface area contributed by atoms with Crippen LogP contribution in [-0.2, 0) is 11.3 Å². The maximum atomic E-state index is 13.8. The quantitative estimate of drug-likeness (QED) is 0.894. The Morgan fingerprint density at radius 1 is 1.35 bits per heavy atom. The van der Waals surface area contributed by atoms with Gasteiger partial charge < -0.3 is 15.0 Å². The van der Waals surface area contributed by atoms with Gasteiger partial charge in [0.2, 0.25) is 0 Å². The third-order valence-electron chi connectivity index (χ3n) is 5.40. The number of halogens is 2. The molecule has 2 aliphatic heterocycles. The second-order valence-electron chi connectivity index (χ2n) is 7.58. The average molecular weight is 367 g/mol. The first kappa shape index (κ1) is 19.0. The van der Waals surface area contributed by atoms with Crippen LogP contribution in [-0.4, -0.2) is 61.3 Å². The molecule has 2 heterocycles. The normalized spacial score (nSPS) is 23.0. The predicted octanol–water partition coefficient (Wildman–Crippen LogP) is 2.75. The topological polar surface area (TPSA) is 44.8 Å². The fourth-order valence-corrected chi connectivity index (χ4v) is 3.83. The lowest BCUT2D eigenvalue weighted by molar-refractivity contribution is -0.119. The number of hydrogen-bond donors (Lipinski definition) is 1. The van der Waals surface area contributed by atoms with Crippen molar-refractivity contribution < 1.29 is 18.3 Å². The highest BCUT2D eigenvalue weighted by molar-refractivity contribution is 5.73. The highest BCUT2D eigenvalue weighted by atomic mass is 19.1. The molecule has 2 aliphatic rings. The van der Waals surface area contributed by atoms with Crippen molar-refractivity contribution in [3.63, 3.8) is 0 Å². The van der Waals surface area contributed by atoms with Crippen LogP contribution in [0.2, 0.25) is 0 Å². The number of urea groups is 1. The maximum Gasteiger partial charge on any atom is 0.317 e. The van der Waals surface area contributed by atoms with Gasteiger partial charge in [0.25, 0.3) is 0 Å². The summed E-state index contributed by atoms with van der Waals surface area (Å²) in [6.07, 6.45) is 3.28. The van der Waals surface area contributed by atoms with E-state index in [9.17, 15) is 13.6 Å². The summed E-state index contributed by atoms with van der Waals surface area (Å²) >= 11 is 0. The van der Waals surface area contributed by atoms with Gasteiger partial charge in [-0.2, -0.15) is 0 Å². The molecule has 0 aromatic heterocycles. The summed E-state index contributed by atoms with van der Waals surface area (Å²) in [4.78, 5) is 15.6. The lowest BCUT2D eigenvalue weighted by atomic mass is 9.82. The van der Waals surface area contributed by atoms with Crippen LogP contribution in [0.5, 0.6) is 0 Å². The number of nitrogens with zero attached hydrogens (tertiary/aromatic N) is 2. The smallest absolute Gasteiger partial charge is 0.317 e. The molecule has 1 atom stereocenters. The number of piperidine rings is 1. The van der Waals surface area contributed by atoms with E-state index < -0.39 is 5.82 Å². The highest BCUT2D eigenvalue weighted by Crippen LogP contribution is 2.35. The van der Waals surface area contributed by atoms with Gasteiger partial charge in [0.05, 0.1) is 5.60 Å². The van der Waals surface area contributed by atoms with Crippen LogP contribution in [0.15, 0.2) is 18.2 Å². The Kier molecular flexibility index (Phi) is 5.77. The van der Waals surface area contributed by atoms with E-state index in [4.69, 9.17) is 4.74 Å². The Balaban J connectivity index is 1.55. The summed E-state index contributed by atoms with van der Waals surface area (Å²) in [7, 11) is 3.46. The third-order valence-corrected chi connectivity index (χ3v) is 5.40. The SMILES string of the molecule is CN(C)C(=O)N[C@@H]1CCOC2(CCN(Cc3cc(F)ccc3F)CC2)C1. The van der Waals surface area contributed by atoms with Gasteiger partial charge in [-0.25, -0.2) is 13.6 Å². The zero-order valence-electron chi connectivity index (χ0n) is 15.4. The van der Waals surface area contributed by atoms with Crippen molar-refractivity contribution in [3.05, 3.63) is 35.4 Å². The molecular weight excluding hydrogens is 340 g/mol. The second-order valence-corrected chi connectivity index (χ2v) is 7.58. The van der Waals surface area contributed by atoms with Crippen LogP contribution in [0.25, 0.3) is 0 Å². The lowest BCUT2D eigenvalue weighted by Gasteiger charge is -2.46. The van der Waals surface area contributed by atoms with E-state index in [0.29, 0.717) is 18.7 Å². The van der Waals surface area contributed by atoms with Crippen molar-refractivity contribution in [1.82, 2.24) is 15.1 Å². The van der Waals surface area contributed by atoms with Crippen molar-refractivity contribution in [2.24, 2.45) is 0 Å². The predicted molar refractivity (Wildman–Crippen MR) is 94.8 cm³/mol. The molecule has 2 saturated heterocycles. The molecule has 1 aromatic carbocycles. The summed E-state index contributed by atoms with van der Waals surface area (Å²) in [5, 5.41) is 3.06. The first-order valence-corrected chi connectivity index (χ1v) is 9.15. The van der Waals surface area contributed by atoms with E-state index in [-0.39, 0.29) is 23.5 Å². The number of likely N-dealkylation sites (tertiary alicyclic amines) is 1. The number of ether oxygens (including phenoxy) is 1. The Morgan fingerprint density at radius 3 is 2.77 bits per heavy atom. The van der Waals surface area contributed by atoms with Crippen LogP contribution < -0.4 is 5.32 Å². The first-order valence-electron chi connectivity index (χ1n) is 9.15. The lowest BCUT2D eigenvalue weighted by Crippen LogP contribution is -2.54. The van der Waals surface area contributed by atoms with E-state index in [1.165, 1.54) is 17.0 Å². The van der Waals surface area contributed by atoms with Gasteiger partial charge in [-0.3, -0.25) is 4.90 Å². The number of carbonyl (C=O) groups excluding carboxylic acids is 1. The molecule has 1 spiro atoms. The summed E-state index contributed by atoms with van der Waals surface area (Å²) in [5.74, 6) is -0.781. The van der Waals surface area contributed by atoms with Crippen LogP contribution in [0.4, 0.5) is 13.6 Å². The van der Waals surface area contributed by atoms with Crippen LogP contribution in [0.3, 0.4) is 0 Å².